The van der Waals surface area contributed by atoms with E-state index in [9.17, 15) is 4.79 Å². The van der Waals surface area contributed by atoms with E-state index < -0.39 is 0 Å². The zero-order valence-electron chi connectivity index (χ0n) is 10.3. The van der Waals surface area contributed by atoms with E-state index in [1.54, 1.807) is 0 Å². The number of anilines is 1. The first-order valence-corrected chi connectivity index (χ1v) is 7.30. The predicted octanol–water partition coefficient (Wildman–Crippen LogP) is 3.15. The Hall–Kier alpha value is -0.590. The fourth-order valence-electron chi connectivity index (χ4n) is 1.62. The van der Waals surface area contributed by atoms with Crippen molar-refractivity contribution in [2.24, 2.45) is 0 Å². The first-order valence-electron chi connectivity index (χ1n) is 6.22. The van der Waals surface area contributed by atoms with Crippen LogP contribution in [0.4, 0.5) is 5.82 Å². The van der Waals surface area contributed by atoms with E-state index in [0.29, 0.717) is 9.39 Å². The summed E-state index contributed by atoms with van der Waals surface area (Å²) in [6.07, 6.45) is 9.07. The highest BCUT2D eigenvalue weighted by Crippen LogP contribution is 2.09. The van der Waals surface area contributed by atoms with Gasteiger partial charge >= 0.3 is 0 Å². The Balaban J connectivity index is 2.18. The minimum absolute atomic E-state index is 0.0777. The highest BCUT2D eigenvalue weighted by Gasteiger charge is 2.03. The molecule has 0 saturated carbocycles. The van der Waals surface area contributed by atoms with Gasteiger partial charge in [0.2, 0.25) is 0 Å². The first-order chi connectivity index (χ1) is 8.25. The Kier molecular flexibility index (Phi) is 7.23. The number of hydrogen-bond donors (Lipinski definition) is 2. The van der Waals surface area contributed by atoms with Crippen molar-refractivity contribution in [3.63, 3.8) is 0 Å². The van der Waals surface area contributed by atoms with Gasteiger partial charge in [0.1, 0.15) is 9.39 Å². The summed E-state index contributed by atoms with van der Waals surface area (Å²) in [5.74, 6) is 0.697. The molecule has 0 aliphatic rings. The molecule has 0 aromatic carbocycles. The lowest BCUT2D eigenvalue weighted by atomic mass is 10.1. The van der Waals surface area contributed by atoms with Gasteiger partial charge in [0.15, 0.2) is 0 Å². The van der Waals surface area contributed by atoms with Crippen LogP contribution in [-0.2, 0) is 0 Å². The summed E-state index contributed by atoms with van der Waals surface area (Å²) < 4.78 is 0.635. The van der Waals surface area contributed by atoms with Gasteiger partial charge in [-0.05, 0) is 29.0 Å². The molecule has 1 heterocycles. The van der Waals surface area contributed by atoms with Crippen molar-refractivity contribution in [2.75, 3.05) is 11.9 Å². The molecule has 1 aromatic rings. The third kappa shape index (κ3) is 5.52. The van der Waals surface area contributed by atoms with Crippen LogP contribution in [0.15, 0.2) is 11.1 Å². The maximum absolute atomic E-state index is 11.3. The van der Waals surface area contributed by atoms with Crippen LogP contribution in [0.2, 0.25) is 0 Å². The van der Waals surface area contributed by atoms with E-state index in [-0.39, 0.29) is 5.56 Å². The highest BCUT2D eigenvalue weighted by atomic mass is 127. The van der Waals surface area contributed by atoms with E-state index in [2.05, 4.69) is 22.2 Å². The van der Waals surface area contributed by atoms with Crippen LogP contribution in [0.3, 0.4) is 0 Å². The minimum atomic E-state index is -0.0777. The van der Waals surface area contributed by atoms with Crippen molar-refractivity contribution in [3.05, 3.63) is 20.3 Å². The standard InChI is InChI=1S/C12H20IN3O/c1-2-3-4-5-6-7-8-14-11-10(13)12(17)16-9-15-11/h9H,2-8H2,1H3,(H2,14,15,16,17). The predicted molar refractivity (Wildman–Crippen MR) is 79.4 cm³/mol. The average molecular weight is 349 g/mol. The lowest BCUT2D eigenvalue weighted by Gasteiger charge is -2.06. The average Bonchev–Trinajstić information content (AvgIpc) is 2.33. The van der Waals surface area contributed by atoms with Crippen molar-refractivity contribution in [3.8, 4) is 0 Å². The van der Waals surface area contributed by atoms with Crippen LogP contribution in [0, 0.1) is 3.57 Å². The van der Waals surface area contributed by atoms with Crippen LogP contribution < -0.4 is 10.9 Å². The monoisotopic (exact) mass is 349 g/mol. The van der Waals surface area contributed by atoms with Gasteiger partial charge < -0.3 is 10.3 Å². The first kappa shape index (κ1) is 14.5. The Bertz CT molecular complexity index is 378. The number of rotatable bonds is 8. The second kappa shape index (κ2) is 8.49. The summed E-state index contributed by atoms with van der Waals surface area (Å²) in [5.41, 5.74) is -0.0777. The zero-order valence-corrected chi connectivity index (χ0v) is 12.4. The van der Waals surface area contributed by atoms with E-state index >= 15 is 0 Å². The van der Waals surface area contributed by atoms with Gasteiger partial charge in [0, 0.05) is 6.54 Å². The van der Waals surface area contributed by atoms with Crippen molar-refractivity contribution < 1.29 is 0 Å². The number of aromatic amines is 1. The van der Waals surface area contributed by atoms with Crippen LogP contribution in [0.5, 0.6) is 0 Å². The molecule has 96 valence electrons. The topological polar surface area (TPSA) is 57.8 Å². The summed E-state index contributed by atoms with van der Waals surface area (Å²) in [6, 6.07) is 0. The molecule has 0 atom stereocenters. The third-order valence-electron chi connectivity index (χ3n) is 2.62. The quantitative estimate of drug-likeness (QED) is 0.560. The Morgan fingerprint density at radius 1 is 1.29 bits per heavy atom. The summed E-state index contributed by atoms with van der Waals surface area (Å²) in [7, 11) is 0. The summed E-state index contributed by atoms with van der Waals surface area (Å²) in [4.78, 5) is 18.0. The molecule has 0 amide bonds. The zero-order chi connectivity index (χ0) is 12.5. The van der Waals surface area contributed by atoms with Gasteiger partial charge in [-0.25, -0.2) is 4.98 Å². The molecule has 1 rings (SSSR count). The molecular weight excluding hydrogens is 329 g/mol. The van der Waals surface area contributed by atoms with Gasteiger partial charge in [-0.3, -0.25) is 4.79 Å². The van der Waals surface area contributed by atoms with Gasteiger partial charge in [-0.1, -0.05) is 39.0 Å². The number of aromatic nitrogens is 2. The second-order valence-corrected chi connectivity index (χ2v) is 5.17. The molecule has 1 aromatic heterocycles. The number of nitrogens with one attached hydrogen (secondary N) is 2. The molecule has 4 nitrogen and oxygen atoms in total. The SMILES string of the molecule is CCCCCCCCNc1nc[nH]c(=O)c1I. The molecule has 0 fully saturated rings. The van der Waals surface area contributed by atoms with E-state index in [1.807, 2.05) is 22.6 Å². The summed E-state index contributed by atoms with van der Waals surface area (Å²) in [6.45, 7) is 3.11. The number of nitrogens with zero attached hydrogens (tertiary/aromatic N) is 1. The van der Waals surface area contributed by atoms with E-state index in [0.717, 1.165) is 13.0 Å². The molecule has 0 radical (unpaired) electrons. The summed E-state index contributed by atoms with van der Waals surface area (Å²) in [5, 5.41) is 3.21. The lowest BCUT2D eigenvalue weighted by molar-refractivity contribution is 0.616. The number of halogens is 1. The third-order valence-corrected chi connectivity index (χ3v) is 3.62. The van der Waals surface area contributed by atoms with Gasteiger partial charge in [0.25, 0.3) is 5.56 Å². The number of hydrogen-bond acceptors (Lipinski definition) is 3. The van der Waals surface area contributed by atoms with Gasteiger partial charge in [0.05, 0.1) is 6.33 Å². The fraction of sp³-hybridized carbons (Fsp3) is 0.667. The molecular formula is C12H20IN3O. The minimum Gasteiger partial charge on any atom is -0.369 e. The van der Waals surface area contributed by atoms with Crippen molar-refractivity contribution in [2.45, 2.75) is 45.4 Å². The lowest BCUT2D eigenvalue weighted by Crippen LogP contribution is -2.15. The Morgan fingerprint density at radius 2 is 2.00 bits per heavy atom. The summed E-state index contributed by atoms with van der Waals surface area (Å²) >= 11 is 2.02. The second-order valence-electron chi connectivity index (χ2n) is 4.09. The van der Waals surface area contributed by atoms with E-state index in [1.165, 1.54) is 38.4 Å². The molecule has 17 heavy (non-hydrogen) atoms. The van der Waals surface area contributed by atoms with Crippen LogP contribution in [0.25, 0.3) is 0 Å². The highest BCUT2D eigenvalue weighted by molar-refractivity contribution is 14.1. The van der Waals surface area contributed by atoms with Crippen LogP contribution >= 0.6 is 22.6 Å². The molecule has 0 saturated heterocycles. The maximum atomic E-state index is 11.3. The molecule has 0 aliphatic heterocycles. The smallest absolute Gasteiger partial charge is 0.266 e. The Morgan fingerprint density at radius 3 is 2.76 bits per heavy atom. The molecule has 0 spiro atoms. The van der Waals surface area contributed by atoms with Crippen LogP contribution in [0.1, 0.15) is 45.4 Å². The maximum Gasteiger partial charge on any atom is 0.266 e. The van der Waals surface area contributed by atoms with Crippen LogP contribution in [-0.4, -0.2) is 16.5 Å². The molecule has 0 aliphatic carbocycles. The van der Waals surface area contributed by atoms with Crippen molar-refractivity contribution in [1.82, 2.24) is 9.97 Å². The van der Waals surface area contributed by atoms with Gasteiger partial charge in [-0.15, -0.1) is 0 Å². The fourth-order valence-corrected chi connectivity index (χ4v) is 2.10. The molecule has 0 bridgehead atoms. The number of unbranched alkanes of at least 4 members (excludes halogenated alkanes) is 5. The molecule has 2 N–H and O–H groups in total. The normalized spacial score (nSPS) is 10.5. The molecule has 5 heteroatoms. The largest absolute Gasteiger partial charge is 0.369 e. The van der Waals surface area contributed by atoms with E-state index in [4.69, 9.17) is 0 Å². The van der Waals surface area contributed by atoms with Crippen molar-refractivity contribution >= 4 is 28.4 Å². The van der Waals surface area contributed by atoms with Crippen molar-refractivity contribution in [1.29, 1.82) is 0 Å². The number of H-pyrrole nitrogens is 1. The molecule has 0 unspecified atom stereocenters. The Labute approximate surface area is 116 Å². The van der Waals surface area contributed by atoms with Gasteiger partial charge in [-0.2, -0.15) is 0 Å².